The summed E-state index contributed by atoms with van der Waals surface area (Å²) in [5.41, 5.74) is 7.40. The first-order valence-corrected chi connectivity index (χ1v) is 18.3. The van der Waals surface area contributed by atoms with Crippen LogP contribution in [0.3, 0.4) is 0 Å². The number of unbranched alkanes of at least 4 members (excludes halogenated alkanes) is 1. The van der Waals surface area contributed by atoms with Gasteiger partial charge in [-0.2, -0.15) is 0 Å². The summed E-state index contributed by atoms with van der Waals surface area (Å²) in [5.74, 6) is 8.29. The van der Waals surface area contributed by atoms with Gasteiger partial charge in [-0.05, 0) is 28.5 Å². The van der Waals surface area contributed by atoms with Crippen LogP contribution in [0, 0.1) is 22.9 Å². The summed E-state index contributed by atoms with van der Waals surface area (Å²) >= 11 is 3.67. The van der Waals surface area contributed by atoms with E-state index in [1.54, 1.807) is 11.8 Å². The quantitative estimate of drug-likeness (QED) is 0.241. The molecule has 154 valence electrons. The maximum atomic E-state index is 3.71. The third kappa shape index (κ3) is 8.90. The van der Waals surface area contributed by atoms with Crippen molar-refractivity contribution in [2.24, 2.45) is 0 Å². The lowest BCUT2D eigenvalue weighted by Gasteiger charge is -2.31. The Morgan fingerprint density at radius 3 is 1.52 bits per heavy atom. The highest BCUT2D eigenvalue weighted by atomic mass is 32.2. The first-order chi connectivity index (χ1) is 12.1. The van der Waals surface area contributed by atoms with E-state index in [2.05, 4.69) is 104 Å². The van der Waals surface area contributed by atoms with Gasteiger partial charge in [-0.1, -0.05) is 92.9 Å². The van der Waals surface area contributed by atoms with Gasteiger partial charge in [-0.3, -0.25) is 0 Å². The maximum Gasteiger partial charge on any atom is 0.138 e. The second-order valence-electron chi connectivity index (χ2n) is 10.3. The van der Waals surface area contributed by atoms with E-state index in [-0.39, 0.29) is 10.1 Å². The molecule has 0 nitrogen and oxygen atoms in total. The van der Waals surface area contributed by atoms with Crippen LogP contribution in [0.2, 0.25) is 36.3 Å². The molecule has 0 aromatic rings. The standard InChI is InChI=1S/C23H42S2Si2/c1-13-14-17-25-21(16-19-27(11,12)23(5,6)7)20(24-8)15-18-26(9,10)22(2,3)4/h13-14,17H2,1-12H3/b21-20+. The smallest absolute Gasteiger partial charge is 0.125 e. The lowest BCUT2D eigenvalue weighted by atomic mass is 10.2. The van der Waals surface area contributed by atoms with Gasteiger partial charge in [0.25, 0.3) is 0 Å². The normalized spacial score (nSPS) is 13.9. The molecule has 0 amide bonds. The Balaban J connectivity index is 6.10. The number of allylic oxidation sites excluding steroid dienone is 2. The van der Waals surface area contributed by atoms with Crippen molar-refractivity contribution < 1.29 is 0 Å². The van der Waals surface area contributed by atoms with Crippen molar-refractivity contribution in [2.45, 2.75) is 97.6 Å². The monoisotopic (exact) mass is 438 g/mol. The summed E-state index contributed by atoms with van der Waals surface area (Å²) in [6.45, 7) is 25.7. The predicted molar refractivity (Wildman–Crippen MR) is 138 cm³/mol. The Morgan fingerprint density at radius 1 is 0.778 bits per heavy atom. The van der Waals surface area contributed by atoms with Gasteiger partial charge in [-0.25, -0.2) is 0 Å². The number of rotatable bonds is 5. The Morgan fingerprint density at radius 2 is 1.19 bits per heavy atom. The van der Waals surface area contributed by atoms with E-state index in [1.807, 2.05) is 11.8 Å². The van der Waals surface area contributed by atoms with Crippen molar-refractivity contribution in [3.8, 4) is 22.9 Å². The molecular formula is C23H42S2Si2. The summed E-state index contributed by atoms with van der Waals surface area (Å²) < 4.78 is 0. The van der Waals surface area contributed by atoms with Crippen molar-refractivity contribution in [3.63, 3.8) is 0 Å². The molecule has 0 atom stereocenters. The average molecular weight is 439 g/mol. The van der Waals surface area contributed by atoms with Gasteiger partial charge in [0.05, 0.1) is 9.81 Å². The molecular weight excluding hydrogens is 397 g/mol. The van der Waals surface area contributed by atoms with Crippen molar-refractivity contribution >= 4 is 39.7 Å². The molecule has 0 aliphatic heterocycles. The minimum Gasteiger partial charge on any atom is -0.125 e. The zero-order chi connectivity index (χ0) is 21.5. The van der Waals surface area contributed by atoms with Gasteiger partial charge in [0.2, 0.25) is 0 Å². The van der Waals surface area contributed by atoms with Crippen LogP contribution >= 0.6 is 23.5 Å². The molecule has 4 heteroatoms. The highest BCUT2D eigenvalue weighted by Crippen LogP contribution is 2.37. The Bertz CT molecular complexity index is 636. The summed E-state index contributed by atoms with van der Waals surface area (Å²) in [4.78, 5) is 2.37. The van der Waals surface area contributed by atoms with E-state index in [1.165, 1.54) is 22.7 Å². The lowest BCUT2D eigenvalue weighted by molar-refractivity contribution is 0.730. The van der Waals surface area contributed by atoms with Crippen LogP contribution in [0.5, 0.6) is 0 Å². The van der Waals surface area contributed by atoms with Gasteiger partial charge in [0.15, 0.2) is 0 Å². The molecule has 0 bridgehead atoms. The molecule has 0 N–H and O–H groups in total. The van der Waals surface area contributed by atoms with E-state index < -0.39 is 16.1 Å². The molecule has 0 spiro atoms. The van der Waals surface area contributed by atoms with Crippen LogP contribution in [0.1, 0.15) is 61.3 Å². The fourth-order valence-electron chi connectivity index (χ4n) is 1.48. The highest BCUT2D eigenvalue weighted by molar-refractivity contribution is 8.06. The average Bonchev–Trinajstić information content (AvgIpc) is 2.50. The van der Waals surface area contributed by atoms with Gasteiger partial charge in [0.1, 0.15) is 16.1 Å². The van der Waals surface area contributed by atoms with Crippen LogP contribution in [-0.4, -0.2) is 28.2 Å². The molecule has 0 saturated heterocycles. The topological polar surface area (TPSA) is 0 Å². The fraction of sp³-hybridized carbons (Fsp3) is 0.739. The summed E-state index contributed by atoms with van der Waals surface area (Å²) in [6, 6.07) is 0. The third-order valence-corrected chi connectivity index (χ3v) is 16.8. The van der Waals surface area contributed by atoms with Gasteiger partial charge in [-0.15, -0.1) is 34.6 Å². The van der Waals surface area contributed by atoms with Gasteiger partial charge >= 0.3 is 0 Å². The van der Waals surface area contributed by atoms with Crippen LogP contribution in [0.4, 0.5) is 0 Å². The van der Waals surface area contributed by atoms with E-state index >= 15 is 0 Å². The first kappa shape index (κ1) is 27.0. The minimum atomic E-state index is -1.62. The zero-order valence-electron chi connectivity index (χ0n) is 19.9. The van der Waals surface area contributed by atoms with Crippen molar-refractivity contribution in [3.05, 3.63) is 9.81 Å². The highest BCUT2D eigenvalue weighted by Gasteiger charge is 2.34. The molecule has 0 saturated carbocycles. The molecule has 0 fully saturated rings. The maximum absolute atomic E-state index is 3.71. The van der Waals surface area contributed by atoms with Crippen LogP contribution in [0.25, 0.3) is 0 Å². The zero-order valence-corrected chi connectivity index (χ0v) is 23.6. The van der Waals surface area contributed by atoms with E-state index in [4.69, 9.17) is 0 Å². The number of hydrogen-bond acceptors (Lipinski definition) is 2. The van der Waals surface area contributed by atoms with Crippen LogP contribution in [0.15, 0.2) is 9.81 Å². The molecule has 27 heavy (non-hydrogen) atoms. The molecule has 0 rings (SSSR count). The minimum absolute atomic E-state index is 0.283. The largest absolute Gasteiger partial charge is 0.138 e. The van der Waals surface area contributed by atoms with Crippen molar-refractivity contribution in [2.75, 3.05) is 12.0 Å². The predicted octanol–water partition coefficient (Wildman–Crippen LogP) is 8.20. The summed E-state index contributed by atoms with van der Waals surface area (Å²) in [5, 5.41) is 0.567. The second kappa shape index (κ2) is 10.7. The van der Waals surface area contributed by atoms with Gasteiger partial charge < -0.3 is 0 Å². The Labute approximate surface area is 181 Å². The first-order valence-electron chi connectivity index (χ1n) is 10.1. The fourth-order valence-corrected chi connectivity index (χ4v) is 5.04. The molecule has 0 aliphatic carbocycles. The second-order valence-corrected chi connectivity index (χ2v) is 22.2. The lowest BCUT2D eigenvalue weighted by Crippen LogP contribution is -2.35. The van der Waals surface area contributed by atoms with Gasteiger partial charge in [0, 0.05) is 0 Å². The molecule has 0 heterocycles. The van der Waals surface area contributed by atoms with Crippen LogP contribution in [-0.2, 0) is 0 Å². The molecule has 0 radical (unpaired) electrons. The molecule has 0 aromatic heterocycles. The van der Waals surface area contributed by atoms with E-state index in [9.17, 15) is 0 Å². The van der Waals surface area contributed by atoms with E-state index in [0.29, 0.717) is 0 Å². The van der Waals surface area contributed by atoms with Crippen LogP contribution < -0.4 is 0 Å². The Kier molecular flexibility index (Phi) is 10.7. The molecule has 0 aromatic carbocycles. The SMILES string of the molecule is CCCCS/C(C#C[Si](C)(C)C(C)(C)C)=C(\C#C[Si](C)(C)C(C)(C)C)SC. The summed E-state index contributed by atoms with van der Waals surface area (Å²) in [7, 11) is -3.24. The number of hydrogen-bond donors (Lipinski definition) is 0. The summed E-state index contributed by atoms with van der Waals surface area (Å²) in [6.07, 6.45) is 4.59. The molecule has 0 unspecified atom stereocenters. The number of thioether (sulfide) groups is 2. The van der Waals surface area contributed by atoms with Crippen molar-refractivity contribution in [1.29, 1.82) is 0 Å². The third-order valence-electron chi connectivity index (χ3n) is 5.88. The van der Waals surface area contributed by atoms with E-state index in [0.717, 1.165) is 5.75 Å². The molecule has 0 aliphatic rings. The Hall–Kier alpha value is -0.00623. The van der Waals surface area contributed by atoms with Crippen molar-refractivity contribution in [1.82, 2.24) is 0 Å².